The predicted octanol–water partition coefficient (Wildman–Crippen LogP) is 3.00. The Morgan fingerprint density at radius 3 is 2.04 bits per heavy atom. The average molecular weight is 613 g/mol. The standard InChI is InChI=1S/C32H40N10O3/c1-39(2)25-9-11-40(12-10-25)29(43)23-5-8-26-27(21-23)35-30(34-26)33-24-6-3-22(4-7-24)28-36-31(41-13-17-44-18-14-41)38-32(37-28)42-15-19-45-20-16-42/h3-8,21,25H,9-20H2,1-2H3,(H2,33,34,35). The van der Waals surface area contributed by atoms with E-state index >= 15 is 0 Å². The van der Waals surface area contributed by atoms with Gasteiger partial charge in [0.25, 0.3) is 5.91 Å². The number of hydrogen-bond acceptors (Lipinski definition) is 11. The highest BCUT2D eigenvalue weighted by atomic mass is 16.5. The number of morpholine rings is 2. The molecule has 3 aliphatic heterocycles. The quantitative estimate of drug-likeness (QED) is 0.320. The minimum Gasteiger partial charge on any atom is -0.378 e. The Morgan fingerprint density at radius 1 is 0.822 bits per heavy atom. The lowest BCUT2D eigenvalue weighted by atomic mass is 10.0. The first-order valence-electron chi connectivity index (χ1n) is 15.7. The topological polar surface area (TPSA) is 128 Å². The number of imidazole rings is 1. The molecule has 3 saturated heterocycles. The van der Waals surface area contributed by atoms with Crippen molar-refractivity contribution in [3.05, 3.63) is 48.0 Å². The van der Waals surface area contributed by atoms with Crippen LogP contribution in [0.25, 0.3) is 22.4 Å². The van der Waals surface area contributed by atoms with Gasteiger partial charge >= 0.3 is 0 Å². The summed E-state index contributed by atoms with van der Waals surface area (Å²) in [4.78, 5) is 44.3. The fourth-order valence-corrected chi connectivity index (χ4v) is 6.10. The van der Waals surface area contributed by atoms with Crippen LogP contribution in [0.4, 0.5) is 23.5 Å². The Kier molecular flexibility index (Phi) is 8.46. The SMILES string of the molecule is CN(C)C1CCN(C(=O)c2ccc3nc(Nc4ccc(-c5nc(N6CCOCC6)nc(N6CCOCC6)n5)cc4)[nH]c3c2)CC1. The Labute approximate surface area is 262 Å². The molecule has 0 bridgehead atoms. The molecule has 7 rings (SSSR count). The Morgan fingerprint density at radius 2 is 1.44 bits per heavy atom. The fourth-order valence-electron chi connectivity index (χ4n) is 6.10. The van der Waals surface area contributed by atoms with Gasteiger partial charge in [0.15, 0.2) is 5.82 Å². The van der Waals surface area contributed by atoms with E-state index in [1.807, 2.05) is 47.4 Å². The van der Waals surface area contributed by atoms with E-state index in [1.54, 1.807) is 0 Å². The van der Waals surface area contributed by atoms with E-state index in [-0.39, 0.29) is 5.91 Å². The zero-order valence-corrected chi connectivity index (χ0v) is 25.9. The number of fused-ring (bicyclic) bond motifs is 1. The molecule has 4 aromatic rings. The van der Waals surface area contributed by atoms with Gasteiger partial charge in [0.05, 0.1) is 37.5 Å². The average Bonchev–Trinajstić information content (AvgIpc) is 3.50. The van der Waals surface area contributed by atoms with Crippen LogP contribution < -0.4 is 15.1 Å². The molecule has 13 heteroatoms. The van der Waals surface area contributed by atoms with Crippen LogP contribution in [0.15, 0.2) is 42.5 Å². The molecule has 0 spiro atoms. The predicted molar refractivity (Wildman–Crippen MR) is 173 cm³/mol. The summed E-state index contributed by atoms with van der Waals surface area (Å²) in [6, 6.07) is 14.2. The van der Waals surface area contributed by atoms with Crippen molar-refractivity contribution in [1.82, 2.24) is 34.7 Å². The molecule has 13 nitrogen and oxygen atoms in total. The number of carbonyl (C=O) groups is 1. The summed E-state index contributed by atoms with van der Waals surface area (Å²) in [6.45, 7) is 7.17. The van der Waals surface area contributed by atoms with Gasteiger partial charge in [-0.3, -0.25) is 4.79 Å². The molecule has 0 saturated carbocycles. The van der Waals surface area contributed by atoms with Crippen LogP contribution in [0.5, 0.6) is 0 Å². The van der Waals surface area contributed by atoms with Crippen molar-refractivity contribution in [2.24, 2.45) is 0 Å². The van der Waals surface area contributed by atoms with Crippen LogP contribution in [0.2, 0.25) is 0 Å². The second-order valence-electron chi connectivity index (χ2n) is 12.0. The highest BCUT2D eigenvalue weighted by Gasteiger charge is 2.25. The van der Waals surface area contributed by atoms with Crippen LogP contribution in [0.1, 0.15) is 23.2 Å². The number of nitrogens with zero attached hydrogens (tertiary/aromatic N) is 8. The molecule has 3 fully saturated rings. The van der Waals surface area contributed by atoms with Crippen molar-refractivity contribution >= 4 is 40.5 Å². The van der Waals surface area contributed by atoms with Crippen molar-refractivity contribution in [1.29, 1.82) is 0 Å². The van der Waals surface area contributed by atoms with Crippen molar-refractivity contribution < 1.29 is 14.3 Å². The molecule has 0 atom stereocenters. The van der Waals surface area contributed by atoms with Gasteiger partial charge in [0.1, 0.15) is 0 Å². The van der Waals surface area contributed by atoms with E-state index in [0.29, 0.717) is 61.7 Å². The van der Waals surface area contributed by atoms with E-state index in [1.165, 1.54) is 0 Å². The summed E-state index contributed by atoms with van der Waals surface area (Å²) in [5.74, 6) is 2.65. The van der Waals surface area contributed by atoms with E-state index < -0.39 is 0 Å². The van der Waals surface area contributed by atoms with Crippen LogP contribution in [0.3, 0.4) is 0 Å². The number of likely N-dealkylation sites (tertiary alicyclic amines) is 1. The van der Waals surface area contributed by atoms with E-state index in [0.717, 1.165) is 74.4 Å². The van der Waals surface area contributed by atoms with E-state index in [4.69, 9.17) is 29.4 Å². The van der Waals surface area contributed by atoms with Crippen molar-refractivity contribution in [3.63, 3.8) is 0 Å². The van der Waals surface area contributed by atoms with Gasteiger partial charge in [0, 0.05) is 62.1 Å². The first kappa shape index (κ1) is 29.4. The normalized spacial score (nSPS) is 18.2. The zero-order chi connectivity index (χ0) is 30.8. The van der Waals surface area contributed by atoms with E-state index in [9.17, 15) is 4.79 Å². The lowest BCUT2D eigenvalue weighted by Crippen LogP contribution is -2.44. The molecule has 0 unspecified atom stereocenters. The zero-order valence-electron chi connectivity index (χ0n) is 25.9. The Balaban J connectivity index is 1.06. The molecule has 0 radical (unpaired) electrons. The summed E-state index contributed by atoms with van der Waals surface area (Å²) in [5, 5.41) is 3.36. The number of H-pyrrole nitrogens is 1. The van der Waals surface area contributed by atoms with Gasteiger partial charge in [-0.2, -0.15) is 15.0 Å². The maximum Gasteiger partial charge on any atom is 0.253 e. The van der Waals surface area contributed by atoms with Gasteiger partial charge < -0.3 is 39.4 Å². The lowest BCUT2D eigenvalue weighted by Gasteiger charge is -2.35. The first-order valence-corrected chi connectivity index (χ1v) is 15.7. The molecule has 5 heterocycles. The first-order chi connectivity index (χ1) is 22.0. The van der Waals surface area contributed by atoms with Gasteiger partial charge in [-0.05, 0) is 69.4 Å². The molecule has 2 aromatic heterocycles. The second kappa shape index (κ2) is 13.0. The number of ether oxygens (including phenoxy) is 2. The number of piperidine rings is 1. The molecule has 1 amide bonds. The maximum absolute atomic E-state index is 13.2. The number of rotatable bonds is 7. The molecular weight excluding hydrogens is 572 g/mol. The molecule has 45 heavy (non-hydrogen) atoms. The van der Waals surface area contributed by atoms with Crippen LogP contribution >= 0.6 is 0 Å². The second-order valence-corrected chi connectivity index (χ2v) is 12.0. The van der Waals surface area contributed by atoms with Gasteiger partial charge in [0.2, 0.25) is 17.8 Å². The third-order valence-corrected chi connectivity index (χ3v) is 8.82. The van der Waals surface area contributed by atoms with Crippen LogP contribution in [-0.2, 0) is 9.47 Å². The minimum absolute atomic E-state index is 0.0701. The van der Waals surface area contributed by atoms with Crippen molar-refractivity contribution in [3.8, 4) is 11.4 Å². The molecule has 2 N–H and O–H groups in total. The van der Waals surface area contributed by atoms with Gasteiger partial charge in [-0.15, -0.1) is 0 Å². The third-order valence-electron chi connectivity index (χ3n) is 8.82. The highest BCUT2D eigenvalue weighted by Crippen LogP contribution is 2.26. The number of aromatic nitrogens is 5. The molecule has 0 aliphatic carbocycles. The summed E-state index contributed by atoms with van der Waals surface area (Å²) >= 11 is 0. The maximum atomic E-state index is 13.2. The summed E-state index contributed by atoms with van der Waals surface area (Å²) in [5.41, 5.74) is 4.06. The number of aromatic amines is 1. The van der Waals surface area contributed by atoms with Gasteiger partial charge in [-0.1, -0.05) is 0 Å². The number of anilines is 4. The fraction of sp³-hybridized carbons (Fsp3) is 0.469. The largest absolute Gasteiger partial charge is 0.378 e. The minimum atomic E-state index is 0.0701. The summed E-state index contributed by atoms with van der Waals surface area (Å²) < 4.78 is 11.1. The lowest BCUT2D eigenvalue weighted by molar-refractivity contribution is 0.0663. The third kappa shape index (κ3) is 6.56. The molecule has 3 aliphatic rings. The Hall–Kier alpha value is -4.33. The van der Waals surface area contributed by atoms with Crippen LogP contribution in [-0.4, -0.2) is 126 Å². The molecule has 236 valence electrons. The monoisotopic (exact) mass is 612 g/mol. The summed E-state index contributed by atoms with van der Waals surface area (Å²) in [6.07, 6.45) is 1.99. The summed E-state index contributed by atoms with van der Waals surface area (Å²) in [7, 11) is 4.21. The Bertz CT molecular complexity index is 1590. The van der Waals surface area contributed by atoms with Crippen molar-refractivity contribution in [2.45, 2.75) is 18.9 Å². The smallest absolute Gasteiger partial charge is 0.253 e. The van der Waals surface area contributed by atoms with Crippen LogP contribution in [0, 0.1) is 0 Å². The van der Waals surface area contributed by atoms with Crippen molar-refractivity contribution in [2.75, 3.05) is 94.9 Å². The number of carbonyl (C=O) groups excluding carboxylic acids is 1. The number of nitrogens with one attached hydrogen (secondary N) is 2. The van der Waals surface area contributed by atoms with Gasteiger partial charge in [-0.25, -0.2) is 4.98 Å². The molecule has 2 aromatic carbocycles. The highest BCUT2D eigenvalue weighted by molar-refractivity contribution is 5.97. The number of benzene rings is 2. The number of amides is 1. The molecular formula is C32H40N10O3. The number of hydrogen-bond donors (Lipinski definition) is 2. The van der Waals surface area contributed by atoms with E-state index in [2.05, 4.69) is 39.1 Å².